The third-order valence-electron chi connectivity index (χ3n) is 2.62. The van der Waals surface area contributed by atoms with Gasteiger partial charge in [0.1, 0.15) is 10.0 Å². The summed E-state index contributed by atoms with van der Waals surface area (Å²) in [5.41, 5.74) is 2.53. The fraction of sp³-hybridized carbons (Fsp3) is 0.538. The summed E-state index contributed by atoms with van der Waals surface area (Å²) in [7, 11) is 0. The number of nitrogens with zero attached hydrogens (tertiary/aromatic N) is 2. The molecule has 0 spiro atoms. The molecular weight excluding hydrogens is 262 g/mol. The molecule has 2 heterocycles. The van der Waals surface area contributed by atoms with Crippen molar-refractivity contribution >= 4 is 22.7 Å². The van der Waals surface area contributed by atoms with Crippen molar-refractivity contribution < 1.29 is 0 Å². The van der Waals surface area contributed by atoms with Gasteiger partial charge in [0.05, 0.1) is 0 Å². The Morgan fingerprint density at radius 2 is 2.11 bits per heavy atom. The van der Waals surface area contributed by atoms with E-state index in [1.54, 1.807) is 22.7 Å². The van der Waals surface area contributed by atoms with Gasteiger partial charge < -0.3 is 5.32 Å². The van der Waals surface area contributed by atoms with Crippen molar-refractivity contribution in [1.82, 2.24) is 15.5 Å². The van der Waals surface area contributed by atoms with Gasteiger partial charge >= 0.3 is 0 Å². The van der Waals surface area contributed by atoms with Gasteiger partial charge in [0.2, 0.25) is 0 Å². The predicted octanol–water partition coefficient (Wildman–Crippen LogP) is 3.36. The van der Waals surface area contributed by atoms with Crippen LogP contribution in [0.3, 0.4) is 0 Å². The Labute approximate surface area is 116 Å². The van der Waals surface area contributed by atoms with Crippen molar-refractivity contribution in [2.45, 2.75) is 27.2 Å². The summed E-state index contributed by atoms with van der Waals surface area (Å²) in [6, 6.07) is 0. The Balaban J connectivity index is 1.89. The minimum Gasteiger partial charge on any atom is -0.316 e. The Hall–Kier alpha value is -0.780. The zero-order chi connectivity index (χ0) is 13.0. The first-order valence-corrected chi connectivity index (χ1v) is 7.99. The Bertz CT molecular complexity index is 488. The highest BCUT2D eigenvalue weighted by Crippen LogP contribution is 2.29. The number of thiophene rings is 1. The number of nitrogens with one attached hydrogen (secondary N) is 1. The van der Waals surface area contributed by atoms with Crippen molar-refractivity contribution in [2.75, 3.05) is 13.1 Å². The molecule has 98 valence electrons. The van der Waals surface area contributed by atoms with E-state index in [1.165, 1.54) is 11.1 Å². The van der Waals surface area contributed by atoms with Gasteiger partial charge in [-0.15, -0.1) is 10.2 Å². The minimum atomic E-state index is 0.698. The van der Waals surface area contributed by atoms with E-state index >= 15 is 0 Å². The largest absolute Gasteiger partial charge is 0.316 e. The zero-order valence-corrected chi connectivity index (χ0v) is 12.7. The van der Waals surface area contributed by atoms with Gasteiger partial charge in [-0.25, -0.2) is 0 Å². The lowest BCUT2D eigenvalue weighted by Gasteiger charge is -2.05. The molecule has 3 nitrogen and oxygen atoms in total. The van der Waals surface area contributed by atoms with Crippen LogP contribution in [0.25, 0.3) is 10.6 Å². The van der Waals surface area contributed by atoms with Crippen LogP contribution < -0.4 is 5.32 Å². The molecule has 0 fully saturated rings. The molecule has 0 aliphatic carbocycles. The van der Waals surface area contributed by atoms with Crippen molar-refractivity contribution in [2.24, 2.45) is 5.92 Å². The first-order chi connectivity index (χ1) is 8.66. The van der Waals surface area contributed by atoms with Gasteiger partial charge in [0.25, 0.3) is 0 Å². The molecule has 0 saturated carbocycles. The minimum absolute atomic E-state index is 0.698. The van der Waals surface area contributed by atoms with E-state index in [4.69, 9.17) is 0 Å². The molecule has 2 aromatic heterocycles. The maximum Gasteiger partial charge on any atom is 0.148 e. The first kappa shape index (κ1) is 13.6. The van der Waals surface area contributed by atoms with Crippen molar-refractivity contribution in [3.05, 3.63) is 21.3 Å². The highest BCUT2D eigenvalue weighted by Gasteiger charge is 2.09. The predicted molar refractivity (Wildman–Crippen MR) is 79.4 cm³/mol. The van der Waals surface area contributed by atoms with Gasteiger partial charge in [0, 0.05) is 23.9 Å². The standard InChI is InChI=1S/C13H19N3S2/c1-9(2)6-14-5-4-12-15-16-13(18-12)11-8-17-7-10(11)3/h7-9,14H,4-6H2,1-3H3. The van der Waals surface area contributed by atoms with Crippen LogP contribution in [0.15, 0.2) is 10.8 Å². The highest BCUT2D eigenvalue weighted by molar-refractivity contribution is 7.15. The lowest BCUT2D eigenvalue weighted by Crippen LogP contribution is -2.22. The molecule has 0 unspecified atom stereocenters. The number of aromatic nitrogens is 2. The van der Waals surface area contributed by atoms with Crippen molar-refractivity contribution in [1.29, 1.82) is 0 Å². The average molecular weight is 281 g/mol. The van der Waals surface area contributed by atoms with Gasteiger partial charge in [-0.2, -0.15) is 11.3 Å². The fourth-order valence-electron chi connectivity index (χ4n) is 1.63. The SMILES string of the molecule is Cc1cscc1-c1nnc(CCNCC(C)C)s1. The molecule has 0 bridgehead atoms. The van der Waals surface area contributed by atoms with Crippen LogP contribution in [0.2, 0.25) is 0 Å². The summed E-state index contributed by atoms with van der Waals surface area (Å²) in [5, 5.41) is 18.4. The van der Waals surface area contributed by atoms with Crippen LogP contribution >= 0.6 is 22.7 Å². The van der Waals surface area contributed by atoms with E-state index in [2.05, 4.69) is 47.0 Å². The molecule has 0 aliphatic heterocycles. The summed E-state index contributed by atoms with van der Waals surface area (Å²) in [4.78, 5) is 0. The molecule has 1 N–H and O–H groups in total. The average Bonchev–Trinajstić information content (AvgIpc) is 2.92. The Kier molecular flexibility index (Phi) is 4.86. The van der Waals surface area contributed by atoms with E-state index in [-0.39, 0.29) is 0 Å². The van der Waals surface area contributed by atoms with Crippen LogP contribution in [-0.4, -0.2) is 23.3 Å². The van der Waals surface area contributed by atoms with Crippen LogP contribution in [0.4, 0.5) is 0 Å². The summed E-state index contributed by atoms with van der Waals surface area (Å²) in [6.07, 6.45) is 0.966. The molecule has 0 saturated heterocycles. The molecule has 0 atom stereocenters. The molecule has 0 aromatic carbocycles. The maximum absolute atomic E-state index is 4.28. The van der Waals surface area contributed by atoms with Crippen LogP contribution in [-0.2, 0) is 6.42 Å². The van der Waals surface area contributed by atoms with Crippen molar-refractivity contribution in [3.63, 3.8) is 0 Å². The zero-order valence-electron chi connectivity index (χ0n) is 11.1. The fourth-order valence-corrected chi connectivity index (χ4v) is 3.46. The molecule has 18 heavy (non-hydrogen) atoms. The number of hydrogen-bond acceptors (Lipinski definition) is 5. The second-order valence-electron chi connectivity index (χ2n) is 4.82. The molecule has 2 aromatic rings. The molecule has 0 radical (unpaired) electrons. The van der Waals surface area contributed by atoms with Gasteiger partial charge in [-0.3, -0.25) is 0 Å². The summed E-state index contributed by atoms with van der Waals surface area (Å²) >= 11 is 3.43. The van der Waals surface area contributed by atoms with E-state index in [9.17, 15) is 0 Å². The Morgan fingerprint density at radius 1 is 1.28 bits per heavy atom. The number of hydrogen-bond donors (Lipinski definition) is 1. The molecule has 0 aliphatic rings. The smallest absolute Gasteiger partial charge is 0.148 e. The molecular formula is C13H19N3S2. The van der Waals surface area contributed by atoms with Gasteiger partial charge in [-0.1, -0.05) is 25.2 Å². The second kappa shape index (κ2) is 6.41. The Morgan fingerprint density at radius 3 is 2.78 bits per heavy atom. The lowest BCUT2D eigenvalue weighted by molar-refractivity contribution is 0.553. The normalized spacial score (nSPS) is 11.3. The van der Waals surface area contributed by atoms with Crippen molar-refractivity contribution in [3.8, 4) is 10.6 Å². The summed E-state index contributed by atoms with van der Waals surface area (Å²) in [5.74, 6) is 0.698. The highest BCUT2D eigenvalue weighted by atomic mass is 32.1. The summed E-state index contributed by atoms with van der Waals surface area (Å²) in [6.45, 7) is 8.60. The maximum atomic E-state index is 4.28. The lowest BCUT2D eigenvalue weighted by atomic mass is 10.2. The third-order valence-corrected chi connectivity index (χ3v) is 4.50. The topological polar surface area (TPSA) is 37.8 Å². The van der Waals surface area contributed by atoms with Gasteiger partial charge in [-0.05, 0) is 30.3 Å². The number of aryl methyl sites for hydroxylation is 1. The van der Waals surface area contributed by atoms with E-state index < -0.39 is 0 Å². The summed E-state index contributed by atoms with van der Waals surface area (Å²) < 4.78 is 0. The second-order valence-corrected chi connectivity index (χ2v) is 6.62. The molecule has 5 heteroatoms. The van der Waals surface area contributed by atoms with Gasteiger partial charge in [0.15, 0.2) is 0 Å². The third kappa shape index (κ3) is 3.60. The number of rotatable bonds is 6. The monoisotopic (exact) mass is 281 g/mol. The van der Waals surface area contributed by atoms with E-state index in [0.29, 0.717) is 5.92 Å². The van der Waals surface area contributed by atoms with Crippen LogP contribution in [0, 0.1) is 12.8 Å². The quantitative estimate of drug-likeness (QED) is 0.825. The van der Waals surface area contributed by atoms with Crippen LogP contribution in [0.1, 0.15) is 24.4 Å². The molecule has 2 rings (SSSR count). The molecule has 0 amide bonds. The first-order valence-electron chi connectivity index (χ1n) is 6.23. The van der Waals surface area contributed by atoms with E-state index in [0.717, 1.165) is 29.5 Å². The van der Waals surface area contributed by atoms with Crippen LogP contribution in [0.5, 0.6) is 0 Å². The van der Waals surface area contributed by atoms with E-state index in [1.807, 2.05) is 0 Å².